The topological polar surface area (TPSA) is 207 Å². The summed E-state index contributed by atoms with van der Waals surface area (Å²) in [5.74, 6) is -0.842. The van der Waals surface area contributed by atoms with Gasteiger partial charge < -0.3 is 34.9 Å². The molecule has 0 heterocycles. The first-order valence-electron chi connectivity index (χ1n) is 11.5. The van der Waals surface area contributed by atoms with Crippen molar-refractivity contribution in [2.24, 2.45) is 0 Å². The van der Waals surface area contributed by atoms with Crippen molar-refractivity contribution in [3.63, 3.8) is 0 Å². The molecule has 0 saturated heterocycles. The van der Waals surface area contributed by atoms with Crippen molar-refractivity contribution in [1.82, 2.24) is 5.32 Å². The van der Waals surface area contributed by atoms with Gasteiger partial charge in [0, 0.05) is 36.7 Å². The maximum Gasteiger partial charge on any atom is 0.333 e. The number of esters is 1. The van der Waals surface area contributed by atoms with Crippen LogP contribution < -0.4 is 5.32 Å². The van der Waals surface area contributed by atoms with E-state index in [4.69, 9.17) is 9.29 Å². The zero-order valence-corrected chi connectivity index (χ0v) is 25.5. The summed E-state index contributed by atoms with van der Waals surface area (Å²) < 4.78 is 35.8. The molecule has 1 unspecified atom stereocenters. The Hall–Kier alpha value is -1.77. The van der Waals surface area contributed by atoms with Crippen LogP contribution in [0.3, 0.4) is 0 Å². The number of carbonyl (C=O) groups excluding carboxylic acids is 3. The van der Waals surface area contributed by atoms with Gasteiger partial charge in [-0.3, -0.25) is 14.1 Å². The SMILES string of the molecule is C=C(C)C(=O)NCCC[N+](C)(C)CCCS(=O)(=O)O.C=C(C)C(=O)OCCP(O)C(=O)C[N+](C)(C)C.[OH-].[OH-]. The smallest absolute Gasteiger partial charge is 0.333 e. The average molecular weight is 590 g/mol. The lowest BCUT2D eigenvalue weighted by Crippen LogP contribution is -2.43. The molecule has 0 saturated carbocycles. The molecule has 0 aliphatic rings. The van der Waals surface area contributed by atoms with Crippen molar-refractivity contribution in [2.45, 2.75) is 26.7 Å². The Balaban J connectivity index is -0.000000291. The predicted molar refractivity (Wildman–Crippen MR) is 147 cm³/mol. The maximum absolute atomic E-state index is 11.6. The molecule has 0 bridgehead atoms. The van der Waals surface area contributed by atoms with Crippen LogP contribution in [0.1, 0.15) is 26.7 Å². The number of hydrogen-bond acceptors (Lipinski definition) is 9. The van der Waals surface area contributed by atoms with Crippen LogP contribution in [0.15, 0.2) is 24.3 Å². The van der Waals surface area contributed by atoms with Gasteiger partial charge in [-0.25, -0.2) is 4.79 Å². The van der Waals surface area contributed by atoms with Gasteiger partial charge in [-0.15, -0.1) is 0 Å². The van der Waals surface area contributed by atoms with Crippen LogP contribution in [-0.4, -0.2) is 135 Å². The van der Waals surface area contributed by atoms with Crippen molar-refractivity contribution in [2.75, 3.05) is 79.9 Å². The van der Waals surface area contributed by atoms with Gasteiger partial charge in [0.2, 0.25) is 11.4 Å². The fraction of sp³-hybridized carbons (Fsp3) is 0.696. The fourth-order valence-electron chi connectivity index (χ4n) is 2.61. The largest absolute Gasteiger partial charge is 0.870 e. The molecule has 0 aliphatic heterocycles. The number of quaternary nitrogens is 2. The minimum atomic E-state index is -3.87. The van der Waals surface area contributed by atoms with Crippen LogP contribution in [0.5, 0.6) is 0 Å². The molecule has 0 spiro atoms. The van der Waals surface area contributed by atoms with E-state index in [1.165, 1.54) is 0 Å². The molecule has 0 fully saturated rings. The maximum atomic E-state index is 11.6. The molecule has 226 valence electrons. The van der Waals surface area contributed by atoms with Gasteiger partial charge in [-0.2, -0.15) is 8.42 Å². The molecular formula is C23H48N3O10PS. The van der Waals surface area contributed by atoms with Crippen molar-refractivity contribution in [3.05, 3.63) is 24.3 Å². The predicted octanol–water partition coefficient (Wildman–Crippen LogP) is 0.797. The van der Waals surface area contributed by atoms with Crippen LogP contribution >= 0.6 is 8.15 Å². The standard InChI is InChI=1S/C12H24N2O4S.C11H21NO4P.2H2O/c1-11(2)12(15)13-7-5-8-14(3,4)9-6-10-19(16,17)18;1-9(2)11(14)16-6-7-17(15)10(13)8-12(3,4)5;;/h1,5-10H2,2-4H3,(H-,13,15,16,17,18);15H,1,6-8H2,2-5H3;2*1H2/q;+1;;/p-1. The summed E-state index contributed by atoms with van der Waals surface area (Å²) >= 11 is 0. The first-order chi connectivity index (χ1) is 16.2. The van der Waals surface area contributed by atoms with Crippen LogP contribution in [0, 0.1) is 0 Å². The number of nitrogens with one attached hydrogen (secondary N) is 1. The van der Waals surface area contributed by atoms with Crippen LogP contribution in [0.2, 0.25) is 0 Å². The van der Waals surface area contributed by atoms with Gasteiger partial charge in [-0.05, 0) is 13.8 Å². The highest BCUT2D eigenvalue weighted by atomic mass is 32.2. The Kier molecular flexibility index (Phi) is 23.0. The molecule has 15 heteroatoms. The van der Waals surface area contributed by atoms with Crippen LogP contribution in [0.25, 0.3) is 0 Å². The van der Waals surface area contributed by atoms with E-state index in [9.17, 15) is 27.7 Å². The summed E-state index contributed by atoms with van der Waals surface area (Å²) in [6, 6.07) is 0. The normalized spacial score (nSPS) is 11.9. The van der Waals surface area contributed by atoms with E-state index in [1.807, 2.05) is 35.2 Å². The Bertz CT molecular complexity index is 871. The number of carbonyl (C=O) groups is 3. The monoisotopic (exact) mass is 589 g/mol. The van der Waals surface area contributed by atoms with Crippen molar-refractivity contribution in [1.29, 1.82) is 0 Å². The molecule has 0 aromatic heterocycles. The Morgan fingerprint density at radius 1 is 0.947 bits per heavy atom. The second-order valence-electron chi connectivity index (χ2n) is 10.3. The minimum absolute atomic E-state index is 0. The minimum Gasteiger partial charge on any atom is -0.870 e. The molecule has 5 N–H and O–H groups in total. The van der Waals surface area contributed by atoms with Gasteiger partial charge in [0.15, 0.2) is 0 Å². The van der Waals surface area contributed by atoms with Gasteiger partial charge >= 0.3 is 5.97 Å². The first kappa shape index (κ1) is 43.3. The first-order valence-corrected chi connectivity index (χ1v) is 14.6. The Morgan fingerprint density at radius 2 is 1.45 bits per heavy atom. The number of nitrogens with zero attached hydrogens (tertiary/aromatic N) is 2. The zero-order chi connectivity index (χ0) is 28.7. The van der Waals surface area contributed by atoms with E-state index in [0.717, 1.165) is 13.0 Å². The number of rotatable bonds is 16. The quantitative estimate of drug-likeness (QED) is 0.0576. The van der Waals surface area contributed by atoms with E-state index < -0.39 is 24.2 Å². The lowest BCUT2D eigenvalue weighted by molar-refractivity contribution is -0.890. The summed E-state index contributed by atoms with van der Waals surface area (Å²) in [5.41, 5.74) is 0.616. The number of ether oxygens (including phenoxy) is 1. The molecule has 0 rings (SSSR count). The summed E-state index contributed by atoms with van der Waals surface area (Å²) in [6.45, 7) is 12.6. The van der Waals surface area contributed by atoms with E-state index in [0.29, 0.717) is 39.6 Å². The average Bonchev–Trinajstić information content (AvgIpc) is 2.68. The molecule has 1 amide bonds. The third-order valence-corrected chi connectivity index (χ3v) is 6.69. The Labute approximate surface area is 228 Å². The molecule has 0 radical (unpaired) electrons. The highest BCUT2D eigenvalue weighted by Gasteiger charge is 2.22. The molecule has 13 nitrogen and oxygen atoms in total. The summed E-state index contributed by atoms with van der Waals surface area (Å²) in [4.78, 5) is 43.5. The molecule has 0 aliphatic carbocycles. The lowest BCUT2D eigenvalue weighted by atomic mass is 10.3. The molecular weight excluding hydrogens is 541 g/mol. The van der Waals surface area contributed by atoms with E-state index in [1.54, 1.807) is 13.8 Å². The van der Waals surface area contributed by atoms with Crippen LogP contribution in [0.4, 0.5) is 0 Å². The second-order valence-corrected chi connectivity index (χ2v) is 13.6. The number of amides is 1. The Morgan fingerprint density at radius 3 is 1.87 bits per heavy atom. The van der Waals surface area contributed by atoms with E-state index >= 15 is 0 Å². The molecule has 1 atom stereocenters. The van der Waals surface area contributed by atoms with E-state index in [2.05, 4.69) is 18.5 Å². The zero-order valence-electron chi connectivity index (χ0n) is 23.8. The lowest BCUT2D eigenvalue weighted by Gasteiger charge is -2.29. The fourth-order valence-corrected chi connectivity index (χ4v) is 4.20. The van der Waals surface area contributed by atoms with Crippen LogP contribution in [-0.2, 0) is 29.2 Å². The van der Waals surface area contributed by atoms with Gasteiger partial charge in [0.1, 0.15) is 14.7 Å². The van der Waals surface area contributed by atoms with Gasteiger partial charge in [0.05, 0.1) is 60.7 Å². The number of hydrogen-bond donors (Lipinski definition) is 3. The summed E-state index contributed by atoms with van der Waals surface area (Å²) in [5, 5.41) is 2.75. The van der Waals surface area contributed by atoms with Crippen molar-refractivity contribution >= 4 is 35.7 Å². The molecule has 0 aromatic rings. The van der Waals surface area contributed by atoms with Gasteiger partial charge in [0.25, 0.3) is 10.1 Å². The second kappa shape index (κ2) is 20.2. The van der Waals surface area contributed by atoms with Gasteiger partial charge in [-0.1, -0.05) is 13.2 Å². The highest BCUT2D eigenvalue weighted by Crippen LogP contribution is 2.31. The molecule has 0 aromatic carbocycles. The number of likely N-dealkylation sites (N-methyl/N-ethyl adjacent to an activating group) is 1. The molecule has 38 heavy (non-hydrogen) atoms. The summed E-state index contributed by atoms with van der Waals surface area (Å²) in [6.07, 6.45) is 1.41. The van der Waals surface area contributed by atoms with E-state index in [-0.39, 0.29) is 47.5 Å². The summed E-state index contributed by atoms with van der Waals surface area (Å²) in [7, 11) is 4.03. The van der Waals surface area contributed by atoms with Crippen molar-refractivity contribution < 1.29 is 56.9 Å². The highest BCUT2D eigenvalue weighted by molar-refractivity contribution is 7.85. The third-order valence-electron chi connectivity index (χ3n) is 4.56. The van der Waals surface area contributed by atoms with Crippen molar-refractivity contribution in [3.8, 4) is 0 Å². The third kappa shape index (κ3) is 27.3.